The summed E-state index contributed by atoms with van der Waals surface area (Å²) in [5.41, 5.74) is 0. The van der Waals surface area contributed by atoms with E-state index < -0.39 is 0 Å². The van der Waals surface area contributed by atoms with Gasteiger partial charge in [0, 0.05) is 25.4 Å². The summed E-state index contributed by atoms with van der Waals surface area (Å²) < 4.78 is 32.6. The molecule has 8 nitrogen and oxygen atoms in total. The largest absolute Gasteiger partial charge is 0.379 e. The molecule has 1 unspecified atom stereocenters. The smallest absolute Gasteiger partial charge is 0.145 e. The van der Waals surface area contributed by atoms with Crippen molar-refractivity contribution in [2.45, 2.75) is 64.4 Å². The molecule has 0 aromatic heterocycles. The molecule has 1 atom stereocenters. The molecule has 0 amide bonds. The van der Waals surface area contributed by atoms with E-state index in [1.54, 1.807) is 11.8 Å². The van der Waals surface area contributed by atoms with E-state index in [9.17, 15) is 9.59 Å². The third kappa shape index (κ3) is 23.2. The quantitative estimate of drug-likeness (QED) is 0.163. The van der Waals surface area contributed by atoms with E-state index in [-0.39, 0.29) is 17.0 Å². The SMILES string of the molecule is CC(C)SC(C)C(=O)CCCOCCOCCOCCOCCOCCOCCC(=O)C(C)C. The predicted octanol–water partition coefficient (Wildman–Crippen LogP) is 3.58. The number of ketones is 2. The maximum atomic E-state index is 12.0. The van der Waals surface area contributed by atoms with E-state index in [4.69, 9.17) is 28.4 Å². The van der Waals surface area contributed by atoms with E-state index >= 15 is 0 Å². The van der Waals surface area contributed by atoms with Crippen LogP contribution in [0.5, 0.6) is 0 Å². The van der Waals surface area contributed by atoms with Gasteiger partial charge in [-0.2, -0.15) is 0 Å². The molecule has 0 bridgehead atoms. The van der Waals surface area contributed by atoms with Gasteiger partial charge in [-0.25, -0.2) is 0 Å². The van der Waals surface area contributed by atoms with Crippen molar-refractivity contribution in [3.8, 4) is 0 Å². The van der Waals surface area contributed by atoms with Gasteiger partial charge in [-0.05, 0) is 18.6 Å². The molecule has 0 aromatic rings. The highest BCUT2D eigenvalue weighted by Gasteiger charge is 2.14. The van der Waals surface area contributed by atoms with Crippen LogP contribution >= 0.6 is 11.8 Å². The van der Waals surface area contributed by atoms with Crippen LogP contribution < -0.4 is 0 Å². The fraction of sp³-hybridized carbons (Fsp3) is 0.920. The maximum absolute atomic E-state index is 12.0. The Kier molecular flexibility index (Phi) is 23.8. The van der Waals surface area contributed by atoms with Crippen molar-refractivity contribution in [2.75, 3.05) is 79.3 Å². The van der Waals surface area contributed by atoms with Gasteiger partial charge in [0.25, 0.3) is 0 Å². The normalized spacial score (nSPS) is 12.6. The van der Waals surface area contributed by atoms with E-state index in [0.29, 0.717) is 103 Å². The zero-order chi connectivity index (χ0) is 25.4. The third-order valence-electron chi connectivity index (χ3n) is 4.64. The first-order valence-corrected chi connectivity index (χ1v) is 13.5. The highest BCUT2D eigenvalue weighted by Crippen LogP contribution is 2.18. The molecule has 0 aromatic carbocycles. The summed E-state index contributed by atoms with van der Waals surface area (Å²) in [6.45, 7) is 16.1. The standard InChI is InChI=1S/C25H48O8S/c1-21(2)24(26)8-10-29-12-14-31-16-18-33-20-19-32-17-15-30-13-11-28-9-6-7-25(27)23(5)34-22(3)4/h21-23H,6-20H2,1-5H3. The number of carbonyl (C=O) groups excluding carboxylic acids is 2. The van der Waals surface area contributed by atoms with Crippen molar-refractivity contribution in [3.63, 3.8) is 0 Å². The molecular formula is C25H48O8S. The minimum Gasteiger partial charge on any atom is -0.379 e. The van der Waals surface area contributed by atoms with Crippen LogP contribution in [-0.2, 0) is 38.0 Å². The second kappa shape index (κ2) is 24.2. The van der Waals surface area contributed by atoms with Gasteiger partial charge in [-0.15, -0.1) is 11.8 Å². The van der Waals surface area contributed by atoms with Crippen LogP contribution in [0, 0.1) is 5.92 Å². The molecule has 0 aliphatic heterocycles. The Balaban J connectivity index is 3.19. The van der Waals surface area contributed by atoms with Crippen LogP contribution in [-0.4, -0.2) is 101 Å². The maximum Gasteiger partial charge on any atom is 0.145 e. The third-order valence-corrected chi connectivity index (χ3v) is 5.85. The number of rotatable bonds is 26. The van der Waals surface area contributed by atoms with Gasteiger partial charge in [0.05, 0.1) is 77.9 Å². The number of thioether (sulfide) groups is 1. The molecule has 34 heavy (non-hydrogen) atoms. The molecule has 0 aliphatic rings. The molecule has 0 heterocycles. The lowest BCUT2D eigenvalue weighted by molar-refractivity contribution is -0.123. The number of hydrogen-bond donors (Lipinski definition) is 0. The zero-order valence-corrected chi connectivity index (χ0v) is 22.8. The summed E-state index contributed by atoms with van der Waals surface area (Å²) in [5, 5.41) is 0.533. The Hall–Kier alpha value is -0.550. The van der Waals surface area contributed by atoms with Crippen molar-refractivity contribution in [1.29, 1.82) is 0 Å². The molecule has 0 saturated heterocycles. The molecule has 0 spiro atoms. The summed E-state index contributed by atoms with van der Waals surface area (Å²) in [5.74, 6) is 0.583. The molecular weight excluding hydrogens is 460 g/mol. The fourth-order valence-electron chi connectivity index (χ4n) is 2.70. The van der Waals surface area contributed by atoms with Gasteiger partial charge in [-0.1, -0.05) is 27.7 Å². The number of hydrogen-bond acceptors (Lipinski definition) is 9. The Labute approximate surface area is 211 Å². The van der Waals surface area contributed by atoms with Gasteiger partial charge in [0.15, 0.2) is 0 Å². The Bertz CT molecular complexity index is 488. The van der Waals surface area contributed by atoms with Crippen LogP contribution in [0.15, 0.2) is 0 Å². The van der Waals surface area contributed by atoms with Gasteiger partial charge < -0.3 is 28.4 Å². The van der Waals surface area contributed by atoms with Crippen LogP contribution in [0.3, 0.4) is 0 Å². The van der Waals surface area contributed by atoms with Crippen molar-refractivity contribution in [2.24, 2.45) is 5.92 Å². The van der Waals surface area contributed by atoms with Crippen LogP contribution in [0.25, 0.3) is 0 Å². The number of carbonyl (C=O) groups is 2. The minimum atomic E-state index is 0.0613. The minimum absolute atomic E-state index is 0.0613. The molecule has 0 N–H and O–H groups in total. The number of Topliss-reactive ketones (excluding diaryl/α,β-unsaturated/α-hetero) is 2. The van der Waals surface area contributed by atoms with Crippen LogP contribution in [0.4, 0.5) is 0 Å². The van der Waals surface area contributed by atoms with Crippen molar-refractivity contribution in [1.82, 2.24) is 0 Å². The first kappa shape index (κ1) is 33.4. The van der Waals surface area contributed by atoms with Crippen molar-refractivity contribution in [3.05, 3.63) is 0 Å². The second-order valence-electron chi connectivity index (χ2n) is 8.44. The van der Waals surface area contributed by atoms with Crippen LogP contribution in [0.1, 0.15) is 53.9 Å². The Morgan fingerprint density at radius 2 is 0.912 bits per heavy atom. The molecule has 0 radical (unpaired) electrons. The lowest BCUT2D eigenvalue weighted by Crippen LogP contribution is -2.16. The summed E-state index contributed by atoms with van der Waals surface area (Å²) in [7, 11) is 0. The summed E-state index contributed by atoms with van der Waals surface area (Å²) >= 11 is 1.71. The summed E-state index contributed by atoms with van der Waals surface area (Å²) in [4.78, 5) is 23.4. The monoisotopic (exact) mass is 508 g/mol. The van der Waals surface area contributed by atoms with Crippen LogP contribution in [0.2, 0.25) is 0 Å². The van der Waals surface area contributed by atoms with E-state index in [2.05, 4.69) is 13.8 Å². The molecule has 202 valence electrons. The van der Waals surface area contributed by atoms with Crippen molar-refractivity contribution < 1.29 is 38.0 Å². The second-order valence-corrected chi connectivity index (χ2v) is 10.4. The molecule has 0 fully saturated rings. The van der Waals surface area contributed by atoms with Crippen molar-refractivity contribution >= 4 is 23.3 Å². The van der Waals surface area contributed by atoms with Gasteiger partial charge in [-0.3, -0.25) is 9.59 Å². The van der Waals surface area contributed by atoms with E-state index in [1.165, 1.54) is 0 Å². The average molecular weight is 509 g/mol. The lowest BCUT2D eigenvalue weighted by Gasteiger charge is -2.12. The Morgan fingerprint density at radius 3 is 1.29 bits per heavy atom. The van der Waals surface area contributed by atoms with Gasteiger partial charge in [0.1, 0.15) is 11.6 Å². The molecule has 9 heteroatoms. The number of ether oxygens (including phenoxy) is 6. The summed E-state index contributed by atoms with van der Waals surface area (Å²) in [6.07, 6.45) is 1.78. The molecule has 0 saturated carbocycles. The van der Waals surface area contributed by atoms with E-state index in [0.717, 1.165) is 6.42 Å². The topological polar surface area (TPSA) is 89.5 Å². The molecule has 0 aliphatic carbocycles. The van der Waals surface area contributed by atoms with Gasteiger partial charge >= 0.3 is 0 Å². The first-order chi connectivity index (χ1) is 16.3. The fourth-order valence-corrected chi connectivity index (χ4v) is 3.79. The molecule has 0 rings (SSSR count). The average Bonchev–Trinajstić information content (AvgIpc) is 2.79. The lowest BCUT2D eigenvalue weighted by atomic mass is 10.1. The summed E-state index contributed by atoms with van der Waals surface area (Å²) in [6, 6.07) is 0. The first-order valence-electron chi connectivity index (χ1n) is 12.5. The zero-order valence-electron chi connectivity index (χ0n) is 22.0. The van der Waals surface area contributed by atoms with Gasteiger partial charge in [0.2, 0.25) is 0 Å². The predicted molar refractivity (Wildman–Crippen MR) is 136 cm³/mol. The highest BCUT2D eigenvalue weighted by atomic mass is 32.2. The van der Waals surface area contributed by atoms with E-state index in [1.807, 2.05) is 20.8 Å². The Morgan fingerprint density at radius 1 is 0.529 bits per heavy atom. The highest BCUT2D eigenvalue weighted by molar-refractivity contribution is 8.01.